The highest BCUT2D eigenvalue weighted by Gasteiger charge is 2.20. The number of pyridine rings is 1. The topological polar surface area (TPSA) is 42.4 Å². The van der Waals surface area contributed by atoms with Crippen molar-refractivity contribution in [3.63, 3.8) is 0 Å². The summed E-state index contributed by atoms with van der Waals surface area (Å²) in [6.07, 6.45) is 5.13. The van der Waals surface area contributed by atoms with Gasteiger partial charge in [-0.1, -0.05) is 13.3 Å². The van der Waals surface area contributed by atoms with E-state index in [1.807, 2.05) is 19.1 Å². The summed E-state index contributed by atoms with van der Waals surface area (Å²) in [6.45, 7) is 4.23. The van der Waals surface area contributed by atoms with Crippen LogP contribution in [-0.2, 0) is 6.61 Å². The monoisotopic (exact) mass is 235 g/mol. The molecule has 0 saturated heterocycles. The molecule has 1 fully saturated rings. The fraction of sp³-hybridized carbons (Fsp3) is 0.643. The molecule has 1 N–H and O–H groups in total. The van der Waals surface area contributed by atoms with E-state index in [0.29, 0.717) is 12.0 Å². The zero-order chi connectivity index (χ0) is 12.3. The van der Waals surface area contributed by atoms with E-state index in [0.717, 1.165) is 30.0 Å². The summed E-state index contributed by atoms with van der Waals surface area (Å²) in [5.74, 6) is 1.45. The first-order valence-electron chi connectivity index (χ1n) is 6.43. The van der Waals surface area contributed by atoms with E-state index in [9.17, 15) is 0 Å². The van der Waals surface area contributed by atoms with Crippen LogP contribution < -0.4 is 4.74 Å². The zero-order valence-corrected chi connectivity index (χ0v) is 10.6. The molecule has 1 aliphatic rings. The highest BCUT2D eigenvalue weighted by Crippen LogP contribution is 2.27. The third-order valence-corrected chi connectivity index (χ3v) is 3.52. The van der Waals surface area contributed by atoms with E-state index in [2.05, 4.69) is 11.9 Å². The van der Waals surface area contributed by atoms with Gasteiger partial charge in [0.15, 0.2) is 0 Å². The van der Waals surface area contributed by atoms with E-state index in [1.165, 1.54) is 12.8 Å². The number of hydrogen-bond donors (Lipinski definition) is 1. The van der Waals surface area contributed by atoms with Crippen molar-refractivity contribution in [2.45, 2.75) is 52.2 Å². The zero-order valence-electron chi connectivity index (χ0n) is 10.6. The molecule has 0 aromatic carbocycles. The normalized spacial score (nSPS) is 24.6. The number of rotatable bonds is 3. The summed E-state index contributed by atoms with van der Waals surface area (Å²) in [7, 11) is 0. The maximum Gasteiger partial charge on any atom is 0.213 e. The molecule has 3 heteroatoms. The Morgan fingerprint density at radius 2 is 2.24 bits per heavy atom. The molecule has 1 aromatic heterocycles. The summed E-state index contributed by atoms with van der Waals surface area (Å²) in [4.78, 5) is 4.38. The van der Waals surface area contributed by atoms with Crippen molar-refractivity contribution in [1.29, 1.82) is 0 Å². The molecule has 0 spiro atoms. The van der Waals surface area contributed by atoms with Gasteiger partial charge in [0, 0.05) is 11.8 Å². The largest absolute Gasteiger partial charge is 0.474 e. The summed E-state index contributed by atoms with van der Waals surface area (Å²) in [5.41, 5.74) is 1.73. The highest BCUT2D eigenvalue weighted by atomic mass is 16.5. The lowest BCUT2D eigenvalue weighted by Crippen LogP contribution is -2.24. The summed E-state index contributed by atoms with van der Waals surface area (Å²) < 4.78 is 5.91. The number of ether oxygens (including phenoxy) is 1. The second-order valence-corrected chi connectivity index (χ2v) is 5.06. The van der Waals surface area contributed by atoms with Gasteiger partial charge in [-0.05, 0) is 43.7 Å². The molecular formula is C14H21NO2. The Bertz CT molecular complexity index is 378. The molecule has 2 unspecified atom stereocenters. The number of aliphatic hydroxyl groups is 1. The van der Waals surface area contributed by atoms with Crippen molar-refractivity contribution in [1.82, 2.24) is 4.98 Å². The van der Waals surface area contributed by atoms with Crippen LogP contribution in [0, 0.1) is 12.8 Å². The number of nitrogens with zero attached hydrogens (tertiary/aromatic N) is 1. The van der Waals surface area contributed by atoms with Crippen LogP contribution >= 0.6 is 0 Å². The lowest BCUT2D eigenvalue weighted by atomic mass is 9.89. The molecule has 3 nitrogen and oxygen atoms in total. The molecule has 1 aromatic rings. The average Bonchev–Trinajstić information content (AvgIpc) is 2.29. The van der Waals surface area contributed by atoms with E-state index in [1.54, 1.807) is 0 Å². The predicted molar refractivity (Wildman–Crippen MR) is 66.9 cm³/mol. The van der Waals surface area contributed by atoms with Crippen LogP contribution in [-0.4, -0.2) is 16.2 Å². The van der Waals surface area contributed by atoms with Crippen molar-refractivity contribution in [3.8, 4) is 5.88 Å². The van der Waals surface area contributed by atoms with Gasteiger partial charge in [-0.3, -0.25) is 0 Å². The molecule has 0 bridgehead atoms. The molecule has 0 amide bonds. The Morgan fingerprint density at radius 1 is 1.41 bits per heavy atom. The van der Waals surface area contributed by atoms with E-state index < -0.39 is 0 Å². The molecule has 2 rings (SSSR count). The Hall–Kier alpha value is -1.09. The number of aliphatic hydroxyl groups excluding tert-OH is 1. The van der Waals surface area contributed by atoms with Crippen LogP contribution in [0.5, 0.6) is 5.88 Å². The van der Waals surface area contributed by atoms with Gasteiger partial charge in [-0.15, -0.1) is 0 Å². The van der Waals surface area contributed by atoms with E-state index >= 15 is 0 Å². The fourth-order valence-corrected chi connectivity index (χ4v) is 2.46. The molecule has 1 heterocycles. The van der Waals surface area contributed by atoms with Gasteiger partial charge in [0.05, 0.1) is 6.61 Å². The molecule has 94 valence electrons. The Labute approximate surface area is 103 Å². The molecule has 2 atom stereocenters. The van der Waals surface area contributed by atoms with Crippen molar-refractivity contribution in [2.24, 2.45) is 5.92 Å². The molecule has 17 heavy (non-hydrogen) atoms. The van der Waals surface area contributed by atoms with Gasteiger partial charge in [-0.2, -0.15) is 0 Å². The molecule has 0 aliphatic heterocycles. The Morgan fingerprint density at radius 3 is 2.88 bits per heavy atom. The molecular weight excluding hydrogens is 214 g/mol. The SMILES string of the molecule is Cc1nc(OC2CCCC(C)C2)ccc1CO. The first-order valence-corrected chi connectivity index (χ1v) is 6.43. The van der Waals surface area contributed by atoms with Gasteiger partial charge in [0.2, 0.25) is 5.88 Å². The molecule has 0 radical (unpaired) electrons. The first-order chi connectivity index (χ1) is 8.19. The predicted octanol–water partition coefficient (Wildman–Crippen LogP) is 2.84. The lowest BCUT2D eigenvalue weighted by Gasteiger charge is -2.27. The van der Waals surface area contributed by atoms with Crippen LogP contribution in [0.3, 0.4) is 0 Å². The molecule has 1 aliphatic carbocycles. The second-order valence-electron chi connectivity index (χ2n) is 5.06. The van der Waals surface area contributed by atoms with Crippen LogP contribution in [0.25, 0.3) is 0 Å². The van der Waals surface area contributed by atoms with E-state index in [-0.39, 0.29) is 6.61 Å². The first kappa shape index (κ1) is 12.4. The fourth-order valence-electron chi connectivity index (χ4n) is 2.46. The number of aromatic nitrogens is 1. The minimum absolute atomic E-state index is 0.0412. The highest BCUT2D eigenvalue weighted by molar-refractivity contribution is 5.24. The maximum absolute atomic E-state index is 9.08. The van der Waals surface area contributed by atoms with Gasteiger partial charge in [0.1, 0.15) is 6.10 Å². The quantitative estimate of drug-likeness (QED) is 0.876. The van der Waals surface area contributed by atoms with Crippen LogP contribution in [0.15, 0.2) is 12.1 Å². The average molecular weight is 235 g/mol. The van der Waals surface area contributed by atoms with Crippen molar-refractivity contribution >= 4 is 0 Å². The number of aryl methyl sites for hydroxylation is 1. The summed E-state index contributed by atoms with van der Waals surface area (Å²) >= 11 is 0. The van der Waals surface area contributed by atoms with Gasteiger partial charge < -0.3 is 9.84 Å². The summed E-state index contributed by atoms with van der Waals surface area (Å²) in [6, 6.07) is 3.75. The lowest BCUT2D eigenvalue weighted by molar-refractivity contribution is 0.123. The van der Waals surface area contributed by atoms with Crippen molar-refractivity contribution < 1.29 is 9.84 Å². The van der Waals surface area contributed by atoms with Gasteiger partial charge >= 0.3 is 0 Å². The molecule has 1 saturated carbocycles. The van der Waals surface area contributed by atoms with Crippen molar-refractivity contribution in [2.75, 3.05) is 0 Å². The standard InChI is InChI=1S/C14H21NO2/c1-10-4-3-5-13(8-10)17-14-7-6-12(9-16)11(2)15-14/h6-7,10,13,16H,3-5,8-9H2,1-2H3. The van der Waals surface area contributed by atoms with Gasteiger partial charge in [0.25, 0.3) is 0 Å². The Balaban J connectivity index is 2.00. The second kappa shape index (κ2) is 5.50. The van der Waals surface area contributed by atoms with E-state index in [4.69, 9.17) is 9.84 Å². The number of hydrogen-bond acceptors (Lipinski definition) is 3. The summed E-state index contributed by atoms with van der Waals surface area (Å²) in [5, 5.41) is 9.08. The third-order valence-electron chi connectivity index (χ3n) is 3.52. The van der Waals surface area contributed by atoms with Gasteiger partial charge in [-0.25, -0.2) is 4.98 Å². The third kappa shape index (κ3) is 3.19. The van der Waals surface area contributed by atoms with Crippen LogP contribution in [0.4, 0.5) is 0 Å². The minimum atomic E-state index is 0.0412. The van der Waals surface area contributed by atoms with Crippen LogP contribution in [0.2, 0.25) is 0 Å². The Kier molecular flexibility index (Phi) is 4.00. The minimum Gasteiger partial charge on any atom is -0.474 e. The van der Waals surface area contributed by atoms with Crippen LogP contribution in [0.1, 0.15) is 43.9 Å². The maximum atomic E-state index is 9.08. The smallest absolute Gasteiger partial charge is 0.213 e. The van der Waals surface area contributed by atoms with Crippen molar-refractivity contribution in [3.05, 3.63) is 23.4 Å².